The van der Waals surface area contributed by atoms with Crippen molar-refractivity contribution in [1.29, 1.82) is 0 Å². The molecule has 21 heavy (non-hydrogen) atoms. The van der Waals surface area contributed by atoms with Crippen molar-refractivity contribution in [2.75, 3.05) is 0 Å². The second kappa shape index (κ2) is 5.17. The van der Waals surface area contributed by atoms with E-state index in [1.54, 1.807) is 6.07 Å². The second-order valence-electron chi connectivity index (χ2n) is 6.59. The molecule has 3 rings (SSSR count). The number of imidazole rings is 1. The van der Waals surface area contributed by atoms with Gasteiger partial charge >= 0.3 is 5.97 Å². The summed E-state index contributed by atoms with van der Waals surface area (Å²) in [7, 11) is 0. The van der Waals surface area contributed by atoms with Gasteiger partial charge in [0, 0.05) is 6.54 Å². The topological polar surface area (TPSA) is 55.1 Å². The molecule has 0 radical (unpaired) electrons. The lowest BCUT2D eigenvalue weighted by molar-refractivity contribution is 0.0699. The van der Waals surface area contributed by atoms with Gasteiger partial charge in [-0.3, -0.25) is 0 Å². The maximum absolute atomic E-state index is 11.3. The van der Waals surface area contributed by atoms with Gasteiger partial charge in [-0.1, -0.05) is 32.3 Å². The third-order valence-electron chi connectivity index (χ3n) is 4.80. The minimum absolute atomic E-state index is 0.295. The fourth-order valence-corrected chi connectivity index (χ4v) is 3.58. The lowest BCUT2D eigenvalue weighted by atomic mass is 9.75. The largest absolute Gasteiger partial charge is 0.478 e. The van der Waals surface area contributed by atoms with E-state index in [0.717, 1.165) is 17.9 Å². The van der Waals surface area contributed by atoms with Crippen molar-refractivity contribution in [3.05, 3.63) is 29.6 Å². The third kappa shape index (κ3) is 2.55. The average molecular weight is 286 g/mol. The molecule has 1 aromatic carbocycles. The molecule has 1 aliphatic rings. The maximum atomic E-state index is 11.3. The number of nitrogens with zero attached hydrogens (tertiary/aromatic N) is 2. The normalized spacial score (nSPS) is 18.0. The van der Waals surface area contributed by atoms with E-state index < -0.39 is 5.97 Å². The summed E-state index contributed by atoms with van der Waals surface area (Å²) in [5, 5.41) is 9.31. The zero-order chi connectivity index (χ0) is 15.0. The molecule has 0 aliphatic heterocycles. The molecular formula is C17H22N2O2. The second-order valence-corrected chi connectivity index (χ2v) is 6.59. The first-order valence-corrected chi connectivity index (χ1v) is 7.69. The summed E-state index contributed by atoms with van der Waals surface area (Å²) >= 11 is 0. The molecule has 1 fully saturated rings. The molecule has 1 saturated carbocycles. The van der Waals surface area contributed by atoms with Gasteiger partial charge in [-0.2, -0.15) is 0 Å². The van der Waals surface area contributed by atoms with Crippen LogP contribution in [0.2, 0.25) is 0 Å². The van der Waals surface area contributed by atoms with E-state index in [9.17, 15) is 9.90 Å². The zero-order valence-corrected chi connectivity index (χ0v) is 12.7. The first-order valence-electron chi connectivity index (χ1n) is 7.69. The number of para-hydroxylation sites is 1. The predicted octanol–water partition coefficient (Wildman–Crippen LogP) is 4.01. The summed E-state index contributed by atoms with van der Waals surface area (Å²) in [6.45, 7) is 5.24. The Morgan fingerprint density at radius 1 is 1.33 bits per heavy atom. The van der Waals surface area contributed by atoms with Crippen LogP contribution in [0.3, 0.4) is 0 Å². The van der Waals surface area contributed by atoms with Crippen LogP contribution in [-0.2, 0) is 6.54 Å². The molecule has 1 aromatic heterocycles. The van der Waals surface area contributed by atoms with Gasteiger partial charge in [-0.15, -0.1) is 0 Å². The van der Waals surface area contributed by atoms with Crippen LogP contribution in [0.5, 0.6) is 0 Å². The summed E-state index contributed by atoms with van der Waals surface area (Å²) in [5.41, 5.74) is 2.15. The number of aryl methyl sites for hydroxylation is 1. The minimum Gasteiger partial charge on any atom is -0.478 e. The highest BCUT2D eigenvalue weighted by atomic mass is 16.4. The van der Waals surface area contributed by atoms with Crippen LogP contribution in [0, 0.1) is 12.3 Å². The average Bonchev–Trinajstić information content (AvgIpc) is 2.75. The molecule has 0 unspecified atom stereocenters. The smallest absolute Gasteiger partial charge is 0.337 e. The van der Waals surface area contributed by atoms with Crippen LogP contribution in [0.4, 0.5) is 0 Å². The molecule has 0 bridgehead atoms. The Labute approximate surface area is 124 Å². The summed E-state index contributed by atoms with van der Waals surface area (Å²) in [5.74, 6) is -0.000346. The molecule has 0 saturated heterocycles. The number of fused-ring (bicyclic) bond motifs is 1. The molecular weight excluding hydrogens is 264 g/mol. The Kier molecular flexibility index (Phi) is 3.47. The standard InChI is InChI=1S/C17H22N2O2/c1-12-18-15-13(16(20)21)7-6-8-14(15)19(12)11-17(2)9-4-3-5-10-17/h6-8H,3-5,9-11H2,1-2H3,(H,20,21). The number of hydrogen-bond donors (Lipinski definition) is 1. The molecule has 1 aliphatic carbocycles. The van der Waals surface area contributed by atoms with Crippen molar-refractivity contribution in [1.82, 2.24) is 9.55 Å². The molecule has 0 atom stereocenters. The van der Waals surface area contributed by atoms with E-state index in [1.165, 1.54) is 32.1 Å². The Morgan fingerprint density at radius 2 is 2.05 bits per heavy atom. The van der Waals surface area contributed by atoms with Crippen LogP contribution in [-0.4, -0.2) is 20.6 Å². The fraction of sp³-hybridized carbons (Fsp3) is 0.529. The summed E-state index contributed by atoms with van der Waals surface area (Å²) in [6, 6.07) is 5.42. The number of aromatic carboxylic acids is 1. The molecule has 0 amide bonds. The first kappa shape index (κ1) is 14.1. The molecule has 2 aromatic rings. The third-order valence-corrected chi connectivity index (χ3v) is 4.80. The van der Waals surface area contributed by atoms with E-state index in [4.69, 9.17) is 0 Å². The van der Waals surface area contributed by atoms with Crippen molar-refractivity contribution in [3.8, 4) is 0 Å². The van der Waals surface area contributed by atoms with Crippen LogP contribution in [0.25, 0.3) is 11.0 Å². The van der Waals surface area contributed by atoms with Gasteiger partial charge in [0.1, 0.15) is 11.3 Å². The van der Waals surface area contributed by atoms with Gasteiger partial charge in [-0.25, -0.2) is 9.78 Å². The van der Waals surface area contributed by atoms with Crippen LogP contribution < -0.4 is 0 Å². The summed E-state index contributed by atoms with van der Waals surface area (Å²) in [4.78, 5) is 15.9. The quantitative estimate of drug-likeness (QED) is 0.927. The maximum Gasteiger partial charge on any atom is 0.337 e. The lowest BCUT2D eigenvalue weighted by Gasteiger charge is -2.34. The Hall–Kier alpha value is -1.84. The highest BCUT2D eigenvalue weighted by Gasteiger charge is 2.28. The summed E-state index contributed by atoms with van der Waals surface area (Å²) in [6.07, 6.45) is 6.41. The molecule has 1 N–H and O–H groups in total. The van der Waals surface area contributed by atoms with E-state index in [-0.39, 0.29) is 0 Å². The number of rotatable bonds is 3. The molecule has 1 heterocycles. The highest BCUT2D eigenvalue weighted by molar-refractivity contribution is 6.01. The van der Waals surface area contributed by atoms with E-state index in [1.807, 2.05) is 19.1 Å². The number of hydrogen-bond acceptors (Lipinski definition) is 2. The van der Waals surface area contributed by atoms with Crippen molar-refractivity contribution in [3.63, 3.8) is 0 Å². The molecule has 4 heteroatoms. The number of aromatic nitrogens is 2. The Morgan fingerprint density at radius 3 is 2.71 bits per heavy atom. The highest BCUT2D eigenvalue weighted by Crippen LogP contribution is 2.38. The van der Waals surface area contributed by atoms with Crippen molar-refractivity contribution >= 4 is 17.0 Å². The number of benzene rings is 1. The Balaban J connectivity index is 2.04. The number of carbonyl (C=O) groups is 1. The van der Waals surface area contributed by atoms with Gasteiger partial charge in [-0.05, 0) is 37.3 Å². The van der Waals surface area contributed by atoms with Crippen LogP contribution in [0.1, 0.15) is 55.2 Å². The minimum atomic E-state index is -0.908. The van der Waals surface area contributed by atoms with E-state index >= 15 is 0 Å². The molecule has 0 spiro atoms. The zero-order valence-electron chi connectivity index (χ0n) is 12.7. The van der Waals surface area contributed by atoms with Crippen molar-refractivity contribution < 1.29 is 9.90 Å². The SMILES string of the molecule is Cc1nc2c(C(=O)O)cccc2n1CC1(C)CCCCC1. The Bertz CT molecular complexity index is 681. The lowest BCUT2D eigenvalue weighted by Crippen LogP contribution is -2.26. The summed E-state index contributed by atoms with van der Waals surface area (Å²) < 4.78 is 2.20. The molecule has 4 nitrogen and oxygen atoms in total. The number of carboxylic acid groups (broad SMARTS) is 1. The number of carboxylic acids is 1. The van der Waals surface area contributed by atoms with E-state index in [0.29, 0.717) is 16.5 Å². The van der Waals surface area contributed by atoms with Crippen molar-refractivity contribution in [2.45, 2.75) is 52.5 Å². The van der Waals surface area contributed by atoms with Gasteiger partial charge < -0.3 is 9.67 Å². The van der Waals surface area contributed by atoms with Gasteiger partial charge in [0.15, 0.2) is 0 Å². The monoisotopic (exact) mass is 286 g/mol. The van der Waals surface area contributed by atoms with Gasteiger partial charge in [0.2, 0.25) is 0 Å². The predicted molar refractivity (Wildman–Crippen MR) is 82.6 cm³/mol. The fourth-order valence-electron chi connectivity index (χ4n) is 3.58. The van der Waals surface area contributed by atoms with Gasteiger partial charge in [0.05, 0.1) is 11.1 Å². The van der Waals surface area contributed by atoms with Gasteiger partial charge in [0.25, 0.3) is 0 Å². The van der Waals surface area contributed by atoms with Crippen LogP contribution in [0.15, 0.2) is 18.2 Å². The van der Waals surface area contributed by atoms with Crippen LogP contribution >= 0.6 is 0 Å². The first-order chi connectivity index (χ1) is 10.0. The molecule has 112 valence electrons. The van der Waals surface area contributed by atoms with Crippen molar-refractivity contribution in [2.24, 2.45) is 5.41 Å². The van der Waals surface area contributed by atoms with E-state index in [2.05, 4.69) is 16.5 Å².